The van der Waals surface area contributed by atoms with Crippen LogP contribution in [-0.4, -0.2) is 21.3 Å². The molecule has 24 heavy (non-hydrogen) atoms. The van der Waals surface area contributed by atoms with Crippen molar-refractivity contribution in [3.05, 3.63) is 77.1 Å². The van der Waals surface area contributed by atoms with Crippen LogP contribution in [0.5, 0.6) is 0 Å². The zero-order valence-electron chi connectivity index (χ0n) is 12.0. The molecule has 2 heterocycles. The number of halogens is 3. The number of fused-ring (bicyclic) bond motifs is 1. The molecule has 0 unspecified atom stereocenters. The maximum Gasteiger partial charge on any atom is 0.416 e. The monoisotopic (exact) mass is 333 g/mol. The number of carboxylic acids is 1. The normalized spacial score (nSPS) is 11.6. The number of pyridine rings is 1. The van der Waals surface area contributed by atoms with E-state index in [1.807, 2.05) is 0 Å². The number of hydrogen-bond acceptors (Lipinski definition) is 2. The van der Waals surface area contributed by atoms with Crippen molar-refractivity contribution in [1.82, 2.24) is 4.40 Å². The van der Waals surface area contributed by atoms with Gasteiger partial charge in [-0.2, -0.15) is 13.2 Å². The fraction of sp³-hybridized carbons (Fsp3) is 0.0588. The lowest BCUT2D eigenvalue weighted by Gasteiger charge is -2.08. The Labute approximate surface area is 133 Å². The summed E-state index contributed by atoms with van der Waals surface area (Å²) in [4.78, 5) is 23.9. The molecule has 0 aliphatic rings. The van der Waals surface area contributed by atoms with Crippen LogP contribution in [0, 0.1) is 0 Å². The second kappa shape index (κ2) is 5.52. The largest absolute Gasteiger partial charge is 0.478 e. The highest BCUT2D eigenvalue weighted by Crippen LogP contribution is 2.31. The first kappa shape index (κ1) is 15.8. The SMILES string of the molecule is O=C(O)c1cc(C(=O)c2ccccc2)n2ccc(C(F)(F)F)cc12. The molecule has 122 valence electrons. The van der Waals surface area contributed by atoms with Crippen LogP contribution in [0.25, 0.3) is 5.52 Å². The number of alkyl halides is 3. The third-order valence-electron chi connectivity index (χ3n) is 3.60. The molecule has 0 atom stereocenters. The summed E-state index contributed by atoms with van der Waals surface area (Å²) in [6, 6.07) is 10.7. The molecule has 3 aromatic rings. The number of hydrogen-bond donors (Lipinski definition) is 1. The van der Waals surface area contributed by atoms with Gasteiger partial charge in [-0.05, 0) is 18.2 Å². The molecule has 0 amide bonds. The third-order valence-corrected chi connectivity index (χ3v) is 3.60. The van der Waals surface area contributed by atoms with Crippen LogP contribution in [0.4, 0.5) is 13.2 Å². The average molecular weight is 333 g/mol. The Kier molecular flexibility index (Phi) is 3.63. The number of aromatic nitrogens is 1. The van der Waals surface area contributed by atoms with Gasteiger partial charge in [0.1, 0.15) is 0 Å². The van der Waals surface area contributed by atoms with E-state index >= 15 is 0 Å². The van der Waals surface area contributed by atoms with Gasteiger partial charge in [0.05, 0.1) is 22.3 Å². The molecule has 0 saturated carbocycles. The van der Waals surface area contributed by atoms with E-state index in [0.717, 1.165) is 28.8 Å². The van der Waals surface area contributed by atoms with E-state index in [9.17, 15) is 27.9 Å². The van der Waals surface area contributed by atoms with E-state index in [-0.39, 0.29) is 16.8 Å². The molecule has 1 aromatic carbocycles. The smallest absolute Gasteiger partial charge is 0.416 e. The van der Waals surface area contributed by atoms with Gasteiger partial charge in [-0.25, -0.2) is 4.79 Å². The maximum absolute atomic E-state index is 12.9. The van der Waals surface area contributed by atoms with Crippen molar-refractivity contribution < 1.29 is 27.9 Å². The number of carbonyl (C=O) groups excluding carboxylic acids is 1. The van der Waals surface area contributed by atoms with E-state index in [0.29, 0.717) is 5.56 Å². The highest BCUT2D eigenvalue weighted by Gasteiger charge is 2.32. The van der Waals surface area contributed by atoms with Gasteiger partial charge in [0.25, 0.3) is 0 Å². The number of rotatable bonds is 3. The third kappa shape index (κ3) is 2.64. The number of carboxylic acid groups (broad SMARTS) is 1. The van der Waals surface area contributed by atoms with E-state index in [2.05, 4.69) is 0 Å². The molecule has 0 fully saturated rings. The molecule has 1 N–H and O–H groups in total. The number of aromatic carboxylic acids is 1. The van der Waals surface area contributed by atoms with Gasteiger partial charge < -0.3 is 9.51 Å². The zero-order valence-corrected chi connectivity index (χ0v) is 12.0. The molecule has 0 aliphatic carbocycles. The molecule has 0 saturated heterocycles. The summed E-state index contributed by atoms with van der Waals surface area (Å²) in [5, 5.41) is 9.24. The van der Waals surface area contributed by atoms with Gasteiger partial charge in [0, 0.05) is 11.8 Å². The van der Waals surface area contributed by atoms with Crippen molar-refractivity contribution >= 4 is 17.3 Å². The number of nitrogens with zero attached hydrogens (tertiary/aromatic N) is 1. The summed E-state index contributed by atoms with van der Waals surface area (Å²) in [5.41, 5.74) is -1.22. The minimum atomic E-state index is -4.61. The van der Waals surface area contributed by atoms with Crippen molar-refractivity contribution in [3.8, 4) is 0 Å². The summed E-state index contributed by atoms with van der Waals surface area (Å²) >= 11 is 0. The van der Waals surface area contributed by atoms with Crippen molar-refractivity contribution in [1.29, 1.82) is 0 Å². The molecular weight excluding hydrogens is 323 g/mol. The van der Waals surface area contributed by atoms with Crippen molar-refractivity contribution in [2.75, 3.05) is 0 Å². The summed E-state index contributed by atoms with van der Waals surface area (Å²) in [5.74, 6) is -1.88. The van der Waals surface area contributed by atoms with Crippen LogP contribution < -0.4 is 0 Å². The summed E-state index contributed by atoms with van der Waals surface area (Å²) in [7, 11) is 0. The topological polar surface area (TPSA) is 58.8 Å². The number of ketones is 1. The molecule has 4 nitrogen and oxygen atoms in total. The van der Waals surface area contributed by atoms with Crippen molar-refractivity contribution in [3.63, 3.8) is 0 Å². The first-order valence-corrected chi connectivity index (χ1v) is 6.84. The molecule has 0 radical (unpaired) electrons. The van der Waals surface area contributed by atoms with Gasteiger partial charge >= 0.3 is 12.1 Å². The van der Waals surface area contributed by atoms with E-state index in [1.54, 1.807) is 30.3 Å². The van der Waals surface area contributed by atoms with Crippen LogP contribution in [0.2, 0.25) is 0 Å². The quantitative estimate of drug-likeness (QED) is 0.740. The molecular formula is C17H10F3NO3. The van der Waals surface area contributed by atoms with Crippen molar-refractivity contribution in [2.24, 2.45) is 0 Å². The van der Waals surface area contributed by atoms with E-state index in [4.69, 9.17) is 0 Å². The van der Waals surface area contributed by atoms with Gasteiger partial charge in [0.2, 0.25) is 5.78 Å². The fourth-order valence-corrected chi connectivity index (χ4v) is 2.46. The first-order chi connectivity index (χ1) is 11.3. The molecule has 0 aliphatic heterocycles. The van der Waals surface area contributed by atoms with Crippen LogP contribution in [0.3, 0.4) is 0 Å². The molecule has 0 spiro atoms. The van der Waals surface area contributed by atoms with Crippen molar-refractivity contribution in [2.45, 2.75) is 6.18 Å². The summed E-state index contributed by atoms with van der Waals surface area (Å²) in [6.45, 7) is 0. The standard InChI is InChI=1S/C17H10F3NO3/c18-17(19,20)11-6-7-21-13(8-11)12(16(23)24)9-14(21)15(22)10-4-2-1-3-5-10/h1-9H,(H,23,24). The Hall–Kier alpha value is -3.09. The van der Waals surface area contributed by atoms with Crippen LogP contribution in [0.15, 0.2) is 54.7 Å². The second-order valence-electron chi connectivity index (χ2n) is 5.11. The fourth-order valence-electron chi connectivity index (χ4n) is 2.46. The first-order valence-electron chi connectivity index (χ1n) is 6.84. The lowest BCUT2D eigenvalue weighted by atomic mass is 10.1. The minimum absolute atomic E-state index is 0.0117. The lowest BCUT2D eigenvalue weighted by molar-refractivity contribution is -0.137. The van der Waals surface area contributed by atoms with Gasteiger partial charge in [-0.3, -0.25) is 4.79 Å². The molecule has 2 aromatic heterocycles. The highest BCUT2D eigenvalue weighted by molar-refractivity contribution is 6.11. The summed E-state index contributed by atoms with van der Waals surface area (Å²) in [6.07, 6.45) is -3.55. The Morgan fingerprint density at radius 1 is 1.00 bits per heavy atom. The predicted octanol–water partition coefficient (Wildman–Crippen LogP) is 3.89. The Morgan fingerprint density at radius 2 is 1.67 bits per heavy atom. The van der Waals surface area contributed by atoms with Gasteiger partial charge in [-0.15, -0.1) is 0 Å². The Balaban J connectivity index is 2.23. The molecule has 7 heteroatoms. The highest BCUT2D eigenvalue weighted by atomic mass is 19.4. The van der Waals surface area contributed by atoms with Crippen LogP contribution in [-0.2, 0) is 6.18 Å². The van der Waals surface area contributed by atoms with Crippen LogP contribution >= 0.6 is 0 Å². The number of benzene rings is 1. The van der Waals surface area contributed by atoms with Crippen LogP contribution in [0.1, 0.15) is 32.0 Å². The predicted molar refractivity (Wildman–Crippen MR) is 79.2 cm³/mol. The number of carbonyl (C=O) groups is 2. The van der Waals surface area contributed by atoms with E-state index < -0.39 is 23.5 Å². The maximum atomic E-state index is 12.9. The zero-order chi connectivity index (χ0) is 17.5. The van der Waals surface area contributed by atoms with E-state index in [1.165, 1.54) is 0 Å². The van der Waals surface area contributed by atoms with Gasteiger partial charge in [0.15, 0.2) is 0 Å². The molecule has 0 bridgehead atoms. The average Bonchev–Trinajstić information content (AvgIpc) is 2.93. The Morgan fingerprint density at radius 3 is 2.25 bits per heavy atom. The van der Waals surface area contributed by atoms with Gasteiger partial charge in [-0.1, -0.05) is 30.3 Å². The summed E-state index contributed by atoms with van der Waals surface area (Å²) < 4.78 is 39.7. The second-order valence-corrected chi connectivity index (χ2v) is 5.11. The minimum Gasteiger partial charge on any atom is -0.478 e. The molecule has 3 rings (SSSR count). The Bertz CT molecular complexity index is 943. The lowest BCUT2D eigenvalue weighted by Crippen LogP contribution is -2.08.